The molecule has 1 aromatic heterocycles. The highest BCUT2D eigenvalue weighted by molar-refractivity contribution is 6.31. The molecular formula is C15H18ClN5O. The molecule has 1 aromatic carbocycles. The number of nitrogens with one attached hydrogen (secondary N) is 1. The van der Waals surface area contributed by atoms with E-state index in [4.69, 9.17) is 11.6 Å². The summed E-state index contributed by atoms with van der Waals surface area (Å²) in [6.45, 7) is 3.89. The van der Waals surface area contributed by atoms with Crippen molar-refractivity contribution in [1.82, 2.24) is 25.2 Å². The minimum atomic E-state index is -0.101. The summed E-state index contributed by atoms with van der Waals surface area (Å²) < 4.78 is 1.61. The van der Waals surface area contributed by atoms with Crippen molar-refractivity contribution < 1.29 is 4.79 Å². The summed E-state index contributed by atoms with van der Waals surface area (Å²) in [4.78, 5) is 14.7. The van der Waals surface area contributed by atoms with Crippen LogP contribution in [0, 0.1) is 6.92 Å². The maximum Gasteiger partial charge on any atom is 0.276 e. The molecule has 116 valence electrons. The molecule has 1 fully saturated rings. The first-order valence-corrected chi connectivity index (χ1v) is 7.59. The number of piperazine rings is 1. The molecule has 0 saturated carbocycles. The number of rotatable bonds is 2. The monoisotopic (exact) mass is 319 g/mol. The molecule has 0 radical (unpaired) electrons. The maximum atomic E-state index is 12.9. The van der Waals surface area contributed by atoms with Gasteiger partial charge < -0.3 is 10.2 Å². The molecule has 7 heteroatoms. The molecule has 6 nitrogen and oxygen atoms in total. The van der Waals surface area contributed by atoms with E-state index in [1.165, 1.54) is 0 Å². The molecule has 1 amide bonds. The molecule has 0 spiro atoms. The zero-order chi connectivity index (χ0) is 15.7. The van der Waals surface area contributed by atoms with Gasteiger partial charge in [-0.2, -0.15) is 0 Å². The second kappa shape index (κ2) is 6.06. The van der Waals surface area contributed by atoms with Gasteiger partial charge in [0.2, 0.25) is 0 Å². The van der Waals surface area contributed by atoms with Crippen LogP contribution >= 0.6 is 11.6 Å². The van der Waals surface area contributed by atoms with Gasteiger partial charge in [0.05, 0.1) is 11.7 Å². The van der Waals surface area contributed by atoms with Crippen LogP contribution in [0.1, 0.15) is 27.8 Å². The van der Waals surface area contributed by atoms with Crippen molar-refractivity contribution in [3.8, 4) is 0 Å². The number of halogens is 1. The second-order valence-corrected chi connectivity index (χ2v) is 5.79. The van der Waals surface area contributed by atoms with Crippen molar-refractivity contribution in [1.29, 1.82) is 0 Å². The lowest BCUT2D eigenvalue weighted by Gasteiger charge is -2.36. The first-order valence-electron chi connectivity index (χ1n) is 7.22. The van der Waals surface area contributed by atoms with Gasteiger partial charge in [-0.05, 0) is 18.6 Å². The zero-order valence-electron chi connectivity index (χ0n) is 12.6. The maximum absolute atomic E-state index is 12.9. The molecule has 0 aliphatic carbocycles. The van der Waals surface area contributed by atoms with E-state index in [0.29, 0.717) is 23.8 Å². The number of nitrogens with zero attached hydrogens (tertiary/aromatic N) is 4. The number of amides is 1. The number of carbonyl (C=O) groups is 1. The van der Waals surface area contributed by atoms with Crippen LogP contribution in [0.3, 0.4) is 0 Å². The van der Waals surface area contributed by atoms with Gasteiger partial charge in [-0.15, -0.1) is 5.10 Å². The highest BCUT2D eigenvalue weighted by atomic mass is 35.5. The quantitative estimate of drug-likeness (QED) is 0.912. The zero-order valence-corrected chi connectivity index (χ0v) is 13.3. The average Bonchev–Trinajstić information content (AvgIpc) is 2.87. The summed E-state index contributed by atoms with van der Waals surface area (Å²) in [6.07, 6.45) is 0. The molecule has 1 aliphatic rings. The van der Waals surface area contributed by atoms with Crippen molar-refractivity contribution in [2.45, 2.75) is 13.0 Å². The minimum Gasteiger partial charge on any atom is -0.328 e. The van der Waals surface area contributed by atoms with Crippen molar-refractivity contribution in [3.05, 3.63) is 46.2 Å². The second-order valence-electron chi connectivity index (χ2n) is 5.39. The van der Waals surface area contributed by atoms with Gasteiger partial charge in [-0.3, -0.25) is 9.48 Å². The Bertz CT molecular complexity index is 699. The Balaban J connectivity index is 1.95. The van der Waals surface area contributed by atoms with Gasteiger partial charge >= 0.3 is 0 Å². The van der Waals surface area contributed by atoms with Crippen LogP contribution in [0.15, 0.2) is 24.3 Å². The number of hydrogen-bond donors (Lipinski definition) is 1. The summed E-state index contributed by atoms with van der Waals surface area (Å²) in [5, 5.41) is 11.9. The lowest BCUT2D eigenvalue weighted by atomic mass is 10.0. The molecule has 22 heavy (non-hydrogen) atoms. The number of carbonyl (C=O) groups excluding carboxylic acids is 1. The van der Waals surface area contributed by atoms with Crippen LogP contribution < -0.4 is 5.32 Å². The Hall–Kier alpha value is -1.92. The van der Waals surface area contributed by atoms with Crippen molar-refractivity contribution in [2.75, 3.05) is 19.6 Å². The van der Waals surface area contributed by atoms with Crippen LogP contribution in [0.4, 0.5) is 0 Å². The smallest absolute Gasteiger partial charge is 0.276 e. The molecule has 1 aliphatic heterocycles. The fraction of sp³-hybridized carbons (Fsp3) is 0.400. The van der Waals surface area contributed by atoms with E-state index in [2.05, 4.69) is 15.6 Å². The highest BCUT2D eigenvalue weighted by Gasteiger charge is 2.32. The highest BCUT2D eigenvalue weighted by Crippen LogP contribution is 2.29. The van der Waals surface area contributed by atoms with Gasteiger partial charge in [0.25, 0.3) is 5.91 Å². The summed E-state index contributed by atoms with van der Waals surface area (Å²) in [7, 11) is 1.78. The third-order valence-corrected chi connectivity index (χ3v) is 4.42. The number of aromatic nitrogens is 3. The van der Waals surface area contributed by atoms with Crippen LogP contribution in [-0.2, 0) is 7.05 Å². The molecule has 1 atom stereocenters. The first-order chi connectivity index (χ1) is 10.6. The van der Waals surface area contributed by atoms with E-state index >= 15 is 0 Å². The van der Waals surface area contributed by atoms with E-state index in [1.54, 1.807) is 11.7 Å². The lowest BCUT2D eigenvalue weighted by molar-refractivity contribution is 0.0627. The summed E-state index contributed by atoms with van der Waals surface area (Å²) in [5.41, 5.74) is 2.12. The van der Waals surface area contributed by atoms with Crippen molar-refractivity contribution in [3.63, 3.8) is 0 Å². The molecule has 1 unspecified atom stereocenters. The molecule has 2 heterocycles. The Morgan fingerprint density at radius 3 is 2.86 bits per heavy atom. The van der Waals surface area contributed by atoms with Gasteiger partial charge in [-0.1, -0.05) is 35.0 Å². The average molecular weight is 320 g/mol. The topological polar surface area (TPSA) is 63.1 Å². The Kier molecular flexibility index (Phi) is 4.13. The normalized spacial score (nSPS) is 18.5. The van der Waals surface area contributed by atoms with E-state index < -0.39 is 0 Å². The van der Waals surface area contributed by atoms with Gasteiger partial charge in [0.15, 0.2) is 5.69 Å². The molecule has 0 bridgehead atoms. The van der Waals surface area contributed by atoms with Gasteiger partial charge in [0.1, 0.15) is 0 Å². The lowest BCUT2D eigenvalue weighted by Crippen LogP contribution is -2.49. The van der Waals surface area contributed by atoms with Crippen molar-refractivity contribution in [2.24, 2.45) is 7.05 Å². The van der Waals surface area contributed by atoms with E-state index in [0.717, 1.165) is 17.8 Å². The summed E-state index contributed by atoms with van der Waals surface area (Å²) in [6, 6.07) is 7.54. The fourth-order valence-corrected chi connectivity index (χ4v) is 2.97. The third kappa shape index (κ3) is 2.60. The van der Waals surface area contributed by atoms with Crippen molar-refractivity contribution >= 4 is 17.5 Å². The van der Waals surface area contributed by atoms with Gasteiger partial charge in [-0.25, -0.2) is 0 Å². The number of hydrogen-bond acceptors (Lipinski definition) is 4. The Morgan fingerprint density at radius 1 is 1.41 bits per heavy atom. The predicted molar refractivity (Wildman–Crippen MR) is 83.8 cm³/mol. The molecule has 1 saturated heterocycles. The van der Waals surface area contributed by atoms with Crippen LogP contribution in [0.5, 0.6) is 0 Å². The molecular weight excluding hydrogens is 302 g/mol. The van der Waals surface area contributed by atoms with E-state index in [9.17, 15) is 4.79 Å². The van der Waals surface area contributed by atoms with Crippen LogP contribution in [0.25, 0.3) is 0 Å². The number of benzene rings is 1. The van der Waals surface area contributed by atoms with Crippen LogP contribution in [0.2, 0.25) is 5.02 Å². The first kappa shape index (κ1) is 15.0. The molecule has 2 aromatic rings. The molecule has 1 N–H and O–H groups in total. The minimum absolute atomic E-state index is 0.1000. The summed E-state index contributed by atoms with van der Waals surface area (Å²) in [5.74, 6) is -0.1000. The molecule has 3 rings (SSSR count). The Labute approximate surface area is 134 Å². The SMILES string of the molecule is Cc1c(C(=O)N2CCNCC2c2ccccc2Cl)nnn1C. The predicted octanol–water partition coefficient (Wildman–Crippen LogP) is 1.56. The van der Waals surface area contributed by atoms with Crippen LogP contribution in [-0.4, -0.2) is 45.4 Å². The summed E-state index contributed by atoms with van der Waals surface area (Å²) >= 11 is 6.31. The standard InChI is InChI=1S/C15H18ClN5O/c1-10-14(18-19-20(10)2)15(22)21-8-7-17-9-13(21)11-5-3-4-6-12(11)16/h3-6,13,17H,7-9H2,1-2H3. The number of aryl methyl sites for hydroxylation is 1. The largest absolute Gasteiger partial charge is 0.328 e. The van der Waals surface area contributed by atoms with E-state index in [1.807, 2.05) is 36.1 Å². The van der Waals surface area contributed by atoms with Gasteiger partial charge in [0, 0.05) is 31.7 Å². The fourth-order valence-electron chi connectivity index (χ4n) is 2.71. The van der Waals surface area contributed by atoms with E-state index in [-0.39, 0.29) is 11.9 Å². The third-order valence-electron chi connectivity index (χ3n) is 4.08. The Morgan fingerprint density at radius 2 is 2.18 bits per heavy atom.